The fourth-order valence-electron chi connectivity index (χ4n) is 1.20. The van der Waals surface area contributed by atoms with Crippen LogP contribution >= 0.6 is 22.6 Å². The summed E-state index contributed by atoms with van der Waals surface area (Å²) in [5.74, 6) is 2.03. The lowest BCUT2D eigenvalue weighted by Gasteiger charge is -2.02. The standard InChI is InChI=1S/C11H11IN2O2/c1-2-11-13-10(14-16-11)7-15-9-5-3-4-8(12)6-9/h3-6H,2,7H2,1H3. The summed E-state index contributed by atoms with van der Waals surface area (Å²) in [7, 11) is 0. The fraction of sp³-hybridized carbons (Fsp3) is 0.273. The minimum absolute atomic E-state index is 0.337. The molecule has 0 radical (unpaired) electrons. The van der Waals surface area contributed by atoms with Crippen molar-refractivity contribution in [2.45, 2.75) is 20.0 Å². The van der Waals surface area contributed by atoms with Crippen LogP contribution < -0.4 is 4.74 Å². The van der Waals surface area contributed by atoms with Crippen molar-refractivity contribution in [1.29, 1.82) is 0 Å². The molecule has 0 saturated heterocycles. The molecule has 0 bridgehead atoms. The topological polar surface area (TPSA) is 48.2 Å². The zero-order valence-electron chi connectivity index (χ0n) is 8.81. The van der Waals surface area contributed by atoms with E-state index in [1.54, 1.807) is 0 Å². The van der Waals surface area contributed by atoms with Crippen molar-refractivity contribution < 1.29 is 9.26 Å². The molecule has 1 heterocycles. The summed E-state index contributed by atoms with van der Waals surface area (Å²) < 4.78 is 11.7. The van der Waals surface area contributed by atoms with E-state index in [1.165, 1.54) is 0 Å². The second kappa shape index (κ2) is 5.29. The number of nitrogens with zero attached hydrogens (tertiary/aromatic N) is 2. The zero-order chi connectivity index (χ0) is 11.4. The molecule has 84 valence electrons. The van der Waals surface area contributed by atoms with Gasteiger partial charge in [-0.05, 0) is 40.8 Å². The molecule has 0 aliphatic heterocycles. The molecule has 2 rings (SSSR count). The number of benzene rings is 1. The van der Waals surface area contributed by atoms with Crippen molar-refractivity contribution in [1.82, 2.24) is 10.1 Å². The Labute approximate surface area is 107 Å². The SMILES string of the molecule is CCc1nc(COc2cccc(I)c2)no1. The molecule has 2 aromatic rings. The number of aromatic nitrogens is 2. The number of hydrogen-bond acceptors (Lipinski definition) is 4. The van der Waals surface area contributed by atoms with Gasteiger partial charge in [0.1, 0.15) is 5.75 Å². The summed E-state index contributed by atoms with van der Waals surface area (Å²) in [6, 6.07) is 7.83. The highest BCUT2D eigenvalue weighted by atomic mass is 127. The van der Waals surface area contributed by atoms with E-state index in [0.717, 1.165) is 15.7 Å². The van der Waals surface area contributed by atoms with Crippen molar-refractivity contribution in [3.8, 4) is 5.75 Å². The minimum atomic E-state index is 0.337. The summed E-state index contributed by atoms with van der Waals surface area (Å²) >= 11 is 2.24. The van der Waals surface area contributed by atoms with Crippen molar-refractivity contribution in [3.63, 3.8) is 0 Å². The summed E-state index contributed by atoms with van der Waals surface area (Å²) in [5.41, 5.74) is 0. The van der Waals surface area contributed by atoms with Gasteiger partial charge in [-0.25, -0.2) is 0 Å². The van der Waals surface area contributed by atoms with Crippen molar-refractivity contribution >= 4 is 22.6 Å². The Morgan fingerprint density at radius 2 is 2.31 bits per heavy atom. The average Bonchev–Trinajstić information content (AvgIpc) is 2.74. The Balaban J connectivity index is 1.96. The summed E-state index contributed by atoms with van der Waals surface area (Å²) in [5, 5.41) is 3.81. The first-order valence-corrected chi connectivity index (χ1v) is 6.05. The van der Waals surface area contributed by atoms with Gasteiger partial charge in [-0.1, -0.05) is 18.1 Å². The lowest BCUT2D eigenvalue weighted by molar-refractivity contribution is 0.285. The number of rotatable bonds is 4. The maximum absolute atomic E-state index is 5.54. The summed E-state index contributed by atoms with van der Waals surface area (Å²) in [4.78, 5) is 4.16. The van der Waals surface area contributed by atoms with Gasteiger partial charge in [-0.2, -0.15) is 4.98 Å². The fourth-order valence-corrected chi connectivity index (χ4v) is 1.71. The highest BCUT2D eigenvalue weighted by Crippen LogP contribution is 2.15. The average molecular weight is 330 g/mol. The highest BCUT2D eigenvalue weighted by Gasteiger charge is 2.04. The largest absolute Gasteiger partial charge is 0.485 e. The summed E-state index contributed by atoms with van der Waals surface area (Å²) in [6.07, 6.45) is 0.746. The van der Waals surface area contributed by atoms with E-state index in [9.17, 15) is 0 Å². The maximum atomic E-state index is 5.54. The number of aryl methyl sites for hydroxylation is 1. The second-order valence-corrected chi connectivity index (χ2v) is 4.45. The molecule has 0 aliphatic carbocycles. The molecule has 0 fully saturated rings. The van der Waals surface area contributed by atoms with Gasteiger partial charge < -0.3 is 9.26 Å². The van der Waals surface area contributed by atoms with E-state index >= 15 is 0 Å². The summed E-state index contributed by atoms with van der Waals surface area (Å²) in [6.45, 7) is 2.31. The Morgan fingerprint density at radius 1 is 1.44 bits per heavy atom. The Bertz CT molecular complexity index is 471. The van der Waals surface area contributed by atoms with Crippen LogP contribution in [0.15, 0.2) is 28.8 Å². The Hall–Kier alpha value is -1.11. The van der Waals surface area contributed by atoms with Crippen LogP contribution in [-0.2, 0) is 13.0 Å². The predicted octanol–water partition coefficient (Wildman–Crippen LogP) is 2.82. The molecule has 1 aromatic carbocycles. The number of hydrogen-bond donors (Lipinski definition) is 0. The van der Waals surface area contributed by atoms with E-state index in [0.29, 0.717) is 18.3 Å². The lowest BCUT2D eigenvalue weighted by Crippen LogP contribution is -1.97. The van der Waals surface area contributed by atoms with Crippen molar-refractivity contribution in [3.05, 3.63) is 39.6 Å². The van der Waals surface area contributed by atoms with Gasteiger partial charge in [0.2, 0.25) is 11.7 Å². The monoisotopic (exact) mass is 330 g/mol. The molecule has 0 spiro atoms. The first-order valence-electron chi connectivity index (χ1n) is 4.97. The van der Waals surface area contributed by atoms with Gasteiger partial charge in [0.15, 0.2) is 6.61 Å². The van der Waals surface area contributed by atoms with Gasteiger partial charge >= 0.3 is 0 Å². The predicted molar refractivity (Wildman–Crippen MR) is 67.2 cm³/mol. The Morgan fingerprint density at radius 3 is 3.00 bits per heavy atom. The molecule has 0 unspecified atom stereocenters. The third-order valence-corrected chi connectivity index (χ3v) is 2.65. The van der Waals surface area contributed by atoms with Crippen LogP contribution in [0.5, 0.6) is 5.75 Å². The smallest absolute Gasteiger partial charge is 0.226 e. The van der Waals surface area contributed by atoms with Crippen LogP contribution in [0.1, 0.15) is 18.6 Å². The second-order valence-electron chi connectivity index (χ2n) is 3.20. The van der Waals surface area contributed by atoms with Crippen LogP contribution in [0, 0.1) is 3.57 Å². The van der Waals surface area contributed by atoms with Crippen LogP contribution in [0.4, 0.5) is 0 Å². The van der Waals surface area contributed by atoms with E-state index in [1.807, 2.05) is 31.2 Å². The number of halogens is 1. The molecule has 16 heavy (non-hydrogen) atoms. The third kappa shape index (κ3) is 2.94. The van der Waals surface area contributed by atoms with Crippen LogP contribution in [0.2, 0.25) is 0 Å². The van der Waals surface area contributed by atoms with Crippen molar-refractivity contribution in [2.24, 2.45) is 0 Å². The van der Waals surface area contributed by atoms with E-state index in [4.69, 9.17) is 9.26 Å². The van der Waals surface area contributed by atoms with Gasteiger partial charge in [-0.15, -0.1) is 0 Å². The van der Waals surface area contributed by atoms with Gasteiger partial charge in [0, 0.05) is 9.99 Å². The molecule has 0 amide bonds. The molecule has 1 aromatic heterocycles. The normalized spacial score (nSPS) is 10.4. The molecule has 4 nitrogen and oxygen atoms in total. The molecular formula is C11H11IN2O2. The molecule has 0 saturated carbocycles. The first-order chi connectivity index (χ1) is 7.78. The number of ether oxygens (including phenoxy) is 1. The van der Waals surface area contributed by atoms with Crippen LogP contribution in [-0.4, -0.2) is 10.1 Å². The van der Waals surface area contributed by atoms with Gasteiger partial charge in [0.05, 0.1) is 0 Å². The molecular weight excluding hydrogens is 319 g/mol. The molecule has 0 atom stereocenters. The van der Waals surface area contributed by atoms with Crippen LogP contribution in [0.3, 0.4) is 0 Å². The molecule has 0 N–H and O–H groups in total. The maximum Gasteiger partial charge on any atom is 0.226 e. The van der Waals surface area contributed by atoms with Crippen LogP contribution in [0.25, 0.3) is 0 Å². The minimum Gasteiger partial charge on any atom is -0.485 e. The highest BCUT2D eigenvalue weighted by molar-refractivity contribution is 14.1. The van der Waals surface area contributed by atoms with Gasteiger partial charge in [-0.3, -0.25) is 0 Å². The lowest BCUT2D eigenvalue weighted by atomic mass is 10.3. The molecule has 0 aliphatic rings. The Kier molecular flexibility index (Phi) is 3.76. The van der Waals surface area contributed by atoms with Crippen molar-refractivity contribution in [2.75, 3.05) is 0 Å². The third-order valence-electron chi connectivity index (χ3n) is 1.98. The van der Waals surface area contributed by atoms with E-state index in [2.05, 4.69) is 32.7 Å². The van der Waals surface area contributed by atoms with Gasteiger partial charge in [0.25, 0.3) is 0 Å². The first kappa shape index (κ1) is 11.4. The molecule has 5 heteroatoms. The van der Waals surface area contributed by atoms with E-state index < -0.39 is 0 Å². The zero-order valence-corrected chi connectivity index (χ0v) is 11.0. The quantitative estimate of drug-likeness (QED) is 0.809. The van der Waals surface area contributed by atoms with E-state index in [-0.39, 0.29) is 0 Å².